The zero-order valence-electron chi connectivity index (χ0n) is 12.7. The number of ether oxygens (including phenoxy) is 2. The average Bonchev–Trinajstić information content (AvgIpc) is 2.42. The summed E-state index contributed by atoms with van der Waals surface area (Å²) in [6.07, 6.45) is 4.79. The van der Waals surface area contributed by atoms with Crippen LogP contribution in [0.25, 0.3) is 0 Å². The number of benzene rings is 1. The van der Waals surface area contributed by atoms with Crippen molar-refractivity contribution in [1.82, 2.24) is 0 Å². The summed E-state index contributed by atoms with van der Waals surface area (Å²) in [5.41, 5.74) is 4.70. The molecule has 0 aliphatic heterocycles. The monoisotopic (exact) mass is 274 g/mol. The maximum Gasteiger partial charge on any atom is 0.313 e. The lowest BCUT2D eigenvalue weighted by molar-refractivity contribution is -0.142. The first kappa shape index (κ1) is 14.6. The van der Waals surface area contributed by atoms with Crippen molar-refractivity contribution in [3.05, 3.63) is 40.5 Å². The number of carbonyl (C=O) groups is 1. The number of hydrogen-bond donors (Lipinski definition) is 0. The first-order valence-electron chi connectivity index (χ1n) is 6.97. The topological polar surface area (TPSA) is 35.5 Å². The van der Waals surface area contributed by atoms with Crippen LogP contribution in [0.4, 0.5) is 0 Å². The normalized spacial score (nSPS) is 21.0. The summed E-state index contributed by atoms with van der Waals surface area (Å²) in [7, 11) is 3.11. The highest BCUT2D eigenvalue weighted by Gasteiger charge is 2.26. The Balaban J connectivity index is 2.55. The van der Waals surface area contributed by atoms with Gasteiger partial charge < -0.3 is 9.47 Å². The molecule has 0 spiro atoms. The Hall–Kier alpha value is -1.77. The van der Waals surface area contributed by atoms with E-state index in [0.717, 1.165) is 36.1 Å². The SMILES string of the molecule is COC(=O)C1CC/C=C(/C)Cc2cc(C)c(OC)cc21. The van der Waals surface area contributed by atoms with Gasteiger partial charge in [0.2, 0.25) is 0 Å². The smallest absolute Gasteiger partial charge is 0.313 e. The molecule has 0 saturated carbocycles. The standard InChI is InChI=1S/C17H22O3/c1-11-6-5-7-14(17(18)20-4)15-10-16(19-3)12(2)9-13(15)8-11/h6,9-10,14H,5,7-8H2,1-4H3/b11-6-. The molecule has 1 aliphatic carbocycles. The van der Waals surface area contributed by atoms with E-state index in [-0.39, 0.29) is 11.9 Å². The van der Waals surface area contributed by atoms with E-state index in [2.05, 4.69) is 19.1 Å². The zero-order chi connectivity index (χ0) is 14.7. The van der Waals surface area contributed by atoms with Crippen LogP contribution in [0.5, 0.6) is 5.75 Å². The molecule has 3 nitrogen and oxygen atoms in total. The minimum Gasteiger partial charge on any atom is -0.496 e. The van der Waals surface area contributed by atoms with Crippen LogP contribution in [-0.2, 0) is 16.0 Å². The third kappa shape index (κ3) is 2.87. The molecular formula is C17H22O3. The average molecular weight is 274 g/mol. The van der Waals surface area contributed by atoms with Gasteiger partial charge in [0, 0.05) is 0 Å². The van der Waals surface area contributed by atoms with Crippen molar-refractivity contribution in [2.45, 2.75) is 39.0 Å². The van der Waals surface area contributed by atoms with Crippen molar-refractivity contribution in [1.29, 1.82) is 0 Å². The summed E-state index contributed by atoms with van der Waals surface area (Å²) in [5, 5.41) is 0. The van der Waals surface area contributed by atoms with Gasteiger partial charge in [-0.15, -0.1) is 0 Å². The van der Waals surface area contributed by atoms with Crippen LogP contribution in [-0.4, -0.2) is 20.2 Å². The van der Waals surface area contributed by atoms with Crippen LogP contribution in [0.3, 0.4) is 0 Å². The van der Waals surface area contributed by atoms with Crippen molar-refractivity contribution >= 4 is 5.97 Å². The van der Waals surface area contributed by atoms with Gasteiger partial charge in [-0.3, -0.25) is 4.79 Å². The summed E-state index contributed by atoms with van der Waals surface area (Å²) in [4.78, 5) is 12.1. The number of methoxy groups -OCH3 is 2. The van der Waals surface area contributed by atoms with Gasteiger partial charge in [-0.1, -0.05) is 17.7 Å². The van der Waals surface area contributed by atoms with E-state index in [4.69, 9.17) is 9.47 Å². The van der Waals surface area contributed by atoms with E-state index >= 15 is 0 Å². The fraction of sp³-hybridized carbons (Fsp3) is 0.471. The Kier molecular flexibility index (Phi) is 4.48. The van der Waals surface area contributed by atoms with Crippen molar-refractivity contribution in [2.24, 2.45) is 0 Å². The van der Waals surface area contributed by atoms with Crippen molar-refractivity contribution < 1.29 is 14.3 Å². The first-order valence-corrected chi connectivity index (χ1v) is 6.97. The number of aryl methyl sites for hydroxylation is 1. The Morgan fingerprint density at radius 3 is 2.65 bits per heavy atom. The quantitative estimate of drug-likeness (QED) is 0.611. The fourth-order valence-corrected chi connectivity index (χ4v) is 2.87. The van der Waals surface area contributed by atoms with Crippen LogP contribution in [0.15, 0.2) is 23.8 Å². The van der Waals surface area contributed by atoms with Crippen molar-refractivity contribution in [3.63, 3.8) is 0 Å². The minimum atomic E-state index is -0.200. The Morgan fingerprint density at radius 1 is 1.25 bits per heavy atom. The molecule has 1 aromatic carbocycles. The first-order chi connectivity index (χ1) is 9.56. The lowest BCUT2D eigenvalue weighted by Crippen LogP contribution is -2.17. The molecule has 0 saturated heterocycles. The molecule has 2 rings (SSSR count). The highest BCUT2D eigenvalue weighted by atomic mass is 16.5. The maximum absolute atomic E-state index is 12.1. The molecular weight excluding hydrogens is 252 g/mol. The van der Waals surface area contributed by atoms with Crippen LogP contribution in [0.1, 0.15) is 42.4 Å². The van der Waals surface area contributed by atoms with Crippen LogP contribution < -0.4 is 4.74 Å². The summed E-state index contributed by atoms with van der Waals surface area (Å²) >= 11 is 0. The number of allylic oxidation sites excluding steroid dienone is 2. The van der Waals surface area contributed by atoms with Gasteiger partial charge in [0.05, 0.1) is 20.1 Å². The largest absolute Gasteiger partial charge is 0.496 e. The maximum atomic E-state index is 12.1. The number of carbonyl (C=O) groups excluding carboxylic acids is 1. The van der Waals surface area contributed by atoms with Crippen molar-refractivity contribution in [2.75, 3.05) is 14.2 Å². The molecule has 0 radical (unpaired) electrons. The van der Waals surface area contributed by atoms with Gasteiger partial charge in [0.15, 0.2) is 0 Å². The van der Waals surface area contributed by atoms with Crippen LogP contribution in [0.2, 0.25) is 0 Å². The Labute approximate surface area is 120 Å². The summed E-state index contributed by atoms with van der Waals surface area (Å²) < 4.78 is 10.4. The predicted octanol–water partition coefficient (Wildman–Crippen LogP) is 3.54. The van der Waals surface area contributed by atoms with Gasteiger partial charge in [0.25, 0.3) is 0 Å². The summed E-state index contributed by atoms with van der Waals surface area (Å²) in [5.74, 6) is 0.471. The molecule has 0 bridgehead atoms. The fourth-order valence-electron chi connectivity index (χ4n) is 2.87. The second-order valence-electron chi connectivity index (χ2n) is 5.40. The summed E-state index contributed by atoms with van der Waals surface area (Å²) in [6.45, 7) is 4.17. The van der Waals surface area contributed by atoms with Gasteiger partial charge in [0.1, 0.15) is 5.75 Å². The van der Waals surface area contributed by atoms with E-state index in [9.17, 15) is 4.79 Å². The molecule has 1 aromatic rings. The zero-order valence-corrected chi connectivity index (χ0v) is 12.7. The summed E-state index contributed by atoms with van der Waals surface area (Å²) in [6, 6.07) is 4.14. The second-order valence-corrected chi connectivity index (χ2v) is 5.40. The van der Waals surface area contributed by atoms with E-state index in [1.165, 1.54) is 18.2 Å². The third-order valence-electron chi connectivity index (χ3n) is 3.94. The van der Waals surface area contributed by atoms with E-state index < -0.39 is 0 Å². The minimum absolute atomic E-state index is 0.162. The Bertz CT molecular complexity index is 543. The predicted molar refractivity (Wildman–Crippen MR) is 79.2 cm³/mol. The van der Waals surface area contributed by atoms with Gasteiger partial charge in [-0.05, 0) is 55.9 Å². The molecule has 0 N–H and O–H groups in total. The molecule has 0 aromatic heterocycles. The molecule has 0 heterocycles. The molecule has 1 atom stereocenters. The van der Waals surface area contributed by atoms with E-state index in [0.29, 0.717) is 0 Å². The number of esters is 1. The molecule has 108 valence electrons. The van der Waals surface area contributed by atoms with Gasteiger partial charge in [-0.2, -0.15) is 0 Å². The number of rotatable bonds is 2. The molecule has 0 amide bonds. The highest BCUT2D eigenvalue weighted by Crippen LogP contribution is 2.34. The molecule has 20 heavy (non-hydrogen) atoms. The molecule has 1 unspecified atom stereocenters. The van der Waals surface area contributed by atoms with E-state index in [1.54, 1.807) is 7.11 Å². The van der Waals surface area contributed by atoms with Gasteiger partial charge in [-0.25, -0.2) is 0 Å². The molecule has 0 fully saturated rings. The third-order valence-corrected chi connectivity index (χ3v) is 3.94. The second kappa shape index (κ2) is 6.12. The lowest BCUT2D eigenvalue weighted by Gasteiger charge is -2.22. The van der Waals surface area contributed by atoms with Crippen molar-refractivity contribution in [3.8, 4) is 5.75 Å². The Morgan fingerprint density at radius 2 is 2.00 bits per heavy atom. The van der Waals surface area contributed by atoms with Crippen LogP contribution in [0, 0.1) is 6.92 Å². The molecule has 3 heteroatoms. The highest BCUT2D eigenvalue weighted by molar-refractivity contribution is 5.79. The van der Waals surface area contributed by atoms with Crippen LogP contribution >= 0.6 is 0 Å². The molecule has 1 aliphatic rings. The number of fused-ring (bicyclic) bond motifs is 1. The lowest BCUT2D eigenvalue weighted by atomic mass is 9.84. The number of hydrogen-bond acceptors (Lipinski definition) is 3. The van der Waals surface area contributed by atoms with Gasteiger partial charge >= 0.3 is 5.97 Å². The van der Waals surface area contributed by atoms with E-state index in [1.807, 2.05) is 13.0 Å².